The third-order valence-electron chi connectivity index (χ3n) is 8.07. The van der Waals surface area contributed by atoms with Gasteiger partial charge >= 0.3 is 18.2 Å². The van der Waals surface area contributed by atoms with E-state index in [-0.39, 0.29) is 31.1 Å². The van der Waals surface area contributed by atoms with E-state index in [4.69, 9.17) is 9.47 Å². The van der Waals surface area contributed by atoms with Gasteiger partial charge in [0.25, 0.3) is 0 Å². The molecular formula is C36H47F4N3O6. The molecule has 2 aromatic carbocycles. The molecule has 0 unspecified atom stereocenters. The number of alkyl halides is 3. The predicted octanol–water partition coefficient (Wildman–Crippen LogP) is 7.17. The van der Waals surface area contributed by atoms with E-state index in [0.29, 0.717) is 29.5 Å². The zero-order valence-corrected chi connectivity index (χ0v) is 29.3. The van der Waals surface area contributed by atoms with Crippen molar-refractivity contribution in [1.29, 1.82) is 0 Å². The van der Waals surface area contributed by atoms with Crippen molar-refractivity contribution in [2.24, 2.45) is 5.92 Å². The first-order valence-electron chi connectivity index (χ1n) is 16.5. The lowest BCUT2D eigenvalue weighted by Crippen LogP contribution is -2.54. The second kappa shape index (κ2) is 16.0. The van der Waals surface area contributed by atoms with Gasteiger partial charge in [-0.2, -0.15) is 13.2 Å². The molecule has 2 aromatic rings. The van der Waals surface area contributed by atoms with Crippen molar-refractivity contribution in [3.05, 3.63) is 58.4 Å². The number of nitrogens with one attached hydrogen (secondary N) is 2. The van der Waals surface area contributed by atoms with Gasteiger partial charge in [0.15, 0.2) is 0 Å². The number of hydrogen-bond donors (Lipinski definition) is 2. The van der Waals surface area contributed by atoms with Crippen LogP contribution in [0.1, 0.15) is 95.5 Å². The van der Waals surface area contributed by atoms with Crippen molar-refractivity contribution in [3.8, 4) is 11.1 Å². The third-order valence-corrected chi connectivity index (χ3v) is 8.07. The number of benzene rings is 2. The number of aryl methyl sites for hydroxylation is 2. The first-order valence-corrected chi connectivity index (χ1v) is 16.5. The Bertz CT molecular complexity index is 1520. The molecule has 0 aliphatic carbocycles. The van der Waals surface area contributed by atoms with Crippen LogP contribution in [0, 0.1) is 25.6 Å². The second-order valence-electron chi connectivity index (χ2n) is 13.8. The molecule has 1 aliphatic heterocycles. The summed E-state index contributed by atoms with van der Waals surface area (Å²) < 4.78 is 69.2. The highest BCUT2D eigenvalue weighted by atomic mass is 19.4. The first-order chi connectivity index (χ1) is 22.7. The Kier molecular flexibility index (Phi) is 12.9. The van der Waals surface area contributed by atoms with Crippen molar-refractivity contribution in [2.75, 3.05) is 13.2 Å². The summed E-state index contributed by atoms with van der Waals surface area (Å²) in [5, 5.41) is 5.23. The van der Waals surface area contributed by atoms with Crippen LogP contribution in [0.4, 0.5) is 22.4 Å². The molecule has 1 heterocycles. The van der Waals surface area contributed by atoms with E-state index < -0.39 is 77.1 Å². The number of halogens is 4. The van der Waals surface area contributed by atoms with Gasteiger partial charge in [-0.3, -0.25) is 19.3 Å². The topological polar surface area (TPSA) is 114 Å². The summed E-state index contributed by atoms with van der Waals surface area (Å²) in [6.45, 7) is 13.9. The van der Waals surface area contributed by atoms with Crippen LogP contribution in [0.2, 0.25) is 0 Å². The van der Waals surface area contributed by atoms with Crippen LogP contribution in [0.5, 0.6) is 0 Å². The van der Waals surface area contributed by atoms with Crippen LogP contribution < -0.4 is 10.6 Å². The van der Waals surface area contributed by atoms with Crippen molar-refractivity contribution >= 4 is 23.9 Å². The summed E-state index contributed by atoms with van der Waals surface area (Å²) in [6, 6.07) is 3.35. The number of rotatable bonds is 11. The Hall–Kier alpha value is -4.16. The number of nitrogens with zero attached hydrogens (tertiary/aromatic N) is 1. The van der Waals surface area contributed by atoms with E-state index >= 15 is 4.39 Å². The van der Waals surface area contributed by atoms with E-state index in [1.165, 1.54) is 17.9 Å². The number of likely N-dealkylation sites (tertiary alicyclic amines) is 1. The smallest absolute Gasteiger partial charge is 0.419 e. The maximum Gasteiger partial charge on any atom is 0.419 e. The number of carbonyl (C=O) groups excluding carboxylic acids is 4. The monoisotopic (exact) mass is 693 g/mol. The molecule has 13 heteroatoms. The number of esters is 1. The van der Waals surface area contributed by atoms with Gasteiger partial charge in [-0.15, -0.1) is 0 Å². The largest absolute Gasteiger partial charge is 0.466 e. The third kappa shape index (κ3) is 10.4. The molecule has 0 radical (unpaired) electrons. The molecule has 1 fully saturated rings. The lowest BCUT2D eigenvalue weighted by atomic mass is 9.90. The van der Waals surface area contributed by atoms with Gasteiger partial charge in [-0.1, -0.05) is 32.0 Å². The average Bonchev–Trinajstić information content (AvgIpc) is 3.46. The standard InChI is InChI=1S/C36H47F4N3O6/c1-9-48-29(44)19-26(24-17-23(18-25(31(24)37)36(38,39)40)30-21(4)12-10-13-22(30)5)41-32(45)27(16-20(2)3)42-33(46)28-14-11-15-43(28)34(47)49-35(6,7)8/h10,12-13,17-18,20,26-28H,9,11,14-16,19H2,1-8H3,(H,41,45)(H,42,46)/t26-,27-,28+/m0/s1. The van der Waals surface area contributed by atoms with Crippen molar-refractivity contribution in [3.63, 3.8) is 0 Å². The molecule has 3 atom stereocenters. The SMILES string of the molecule is CCOC(=O)C[C@H](NC(=O)[C@H](CC(C)C)NC(=O)[C@H]1CCCN1C(=O)OC(C)(C)C)c1cc(-c2c(C)cccc2C)cc(C(F)(F)F)c1F. The highest BCUT2D eigenvalue weighted by Crippen LogP contribution is 2.40. The summed E-state index contributed by atoms with van der Waals surface area (Å²) in [6.07, 6.45) is -5.51. The molecule has 9 nitrogen and oxygen atoms in total. The Morgan fingerprint density at radius 1 is 1.02 bits per heavy atom. The minimum atomic E-state index is -5.10. The Labute approximate surface area is 285 Å². The van der Waals surface area contributed by atoms with E-state index in [2.05, 4.69) is 10.6 Å². The summed E-state index contributed by atoms with van der Waals surface area (Å²) in [5.74, 6) is -4.12. The number of amides is 3. The summed E-state index contributed by atoms with van der Waals surface area (Å²) >= 11 is 0. The molecule has 270 valence electrons. The maximum absolute atomic E-state index is 15.9. The summed E-state index contributed by atoms with van der Waals surface area (Å²) in [4.78, 5) is 54.2. The molecular weight excluding hydrogens is 646 g/mol. The Balaban J connectivity index is 2.04. The summed E-state index contributed by atoms with van der Waals surface area (Å²) in [5.41, 5.74) is -1.13. The van der Waals surface area contributed by atoms with Gasteiger partial charge in [0.1, 0.15) is 23.5 Å². The number of carbonyl (C=O) groups is 4. The minimum Gasteiger partial charge on any atom is -0.466 e. The molecule has 0 bridgehead atoms. The molecule has 49 heavy (non-hydrogen) atoms. The van der Waals surface area contributed by atoms with Gasteiger partial charge in [-0.05, 0) is 101 Å². The highest BCUT2D eigenvalue weighted by molar-refractivity contribution is 5.92. The fourth-order valence-corrected chi connectivity index (χ4v) is 5.97. The predicted molar refractivity (Wildman–Crippen MR) is 176 cm³/mol. The quantitative estimate of drug-likeness (QED) is 0.191. The molecule has 0 aromatic heterocycles. The van der Waals surface area contributed by atoms with Crippen LogP contribution >= 0.6 is 0 Å². The van der Waals surface area contributed by atoms with Gasteiger partial charge in [0.2, 0.25) is 11.8 Å². The van der Waals surface area contributed by atoms with E-state index in [0.717, 1.165) is 6.07 Å². The average molecular weight is 694 g/mol. The molecule has 1 aliphatic rings. The molecule has 0 saturated carbocycles. The fourth-order valence-electron chi connectivity index (χ4n) is 5.97. The van der Waals surface area contributed by atoms with Crippen LogP contribution in [0.25, 0.3) is 11.1 Å². The van der Waals surface area contributed by atoms with Crippen LogP contribution in [0.3, 0.4) is 0 Å². The molecule has 3 amide bonds. The minimum absolute atomic E-state index is 0.0536. The lowest BCUT2D eigenvalue weighted by Gasteiger charge is -2.30. The lowest BCUT2D eigenvalue weighted by molar-refractivity contribution is -0.144. The zero-order valence-electron chi connectivity index (χ0n) is 29.3. The highest BCUT2D eigenvalue weighted by Gasteiger charge is 2.40. The van der Waals surface area contributed by atoms with Gasteiger partial charge in [0.05, 0.1) is 24.6 Å². The van der Waals surface area contributed by atoms with Gasteiger partial charge < -0.3 is 20.1 Å². The van der Waals surface area contributed by atoms with Crippen LogP contribution in [0.15, 0.2) is 30.3 Å². The van der Waals surface area contributed by atoms with Crippen molar-refractivity contribution in [1.82, 2.24) is 15.5 Å². The van der Waals surface area contributed by atoms with E-state index in [9.17, 15) is 32.3 Å². The number of hydrogen-bond acceptors (Lipinski definition) is 6. The van der Waals surface area contributed by atoms with E-state index in [1.54, 1.807) is 66.7 Å². The first kappa shape index (κ1) is 39.3. The Morgan fingerprint density at radius 3 is 2.20 bits per heavy atom. The second-order valence-corrected chi connectivity index (χ2v) is 13.8. The zero-order chi connectivity index (χ0) is 36.8. The number of ether oxygens (including phenoxy) is 2. The van der Waals surface area contributed by atoms with Gasteiger partial charge in [-0.25, -0.2) is 9.18 Å². The molecule has 0 spiro atoms. The molecule has 2 N–H and O–H groups in total. The Morgan fingerprint density at radius 2 is 1.65 bits per heavy atom. The van der Waals surface area contributed by atoms with Gasteiger partial charge in [0, 0.05) is 12.1 Å². The van der Waals surface area contributed by atoms with Crippen molar-refractivity contribution < 1.29 is 46.2 Å². The molecule has 3 rings (SSSR count). The maximum atomic E-state index is 15.9. The van der Waals surface area contributed by atoms with Crippen molar-refractivity contribution in [2.45, 2.75) is 111 Å². The van der Waals surface area contributed by atoms with E-state index in [1.807, 2.05) is 0 Å². The normalized spacial score (nSPS) is 16.3. The molecule has 1 saturated heterocycles. The van der Waals surface area contributed by atoms with Crippen LogP contribution in [-0.4, -0.2) is 59.6 Å². The van der Waals surface area contributed by atoms with Crippen LogP contribution in [-0.2, 0) is 30.0 Å². The summed E-state index contributed by atoms with van der Waals surface area (Å²) in [7, 11) is 0. The fraction of sp³-hybridized carbons (Fsp3) is 0.556.